The van der Waals surface area contributed by atoms with E-state index >= 15 is 0 Å². The lowest BCUT2D eigenvalue weighted by Gasteiger charge is -2.13. The van der Waals surface area contributed by atoms with Crippen LogP contribution in [0.3, 0.4) is 0 Å². The lowest BCUT2D eigenvalue weighted by Crippen LogP contribution is -2.40. The summed E-state index contributed by atoms with van der Waals surface area (Å²) in [6, 6.07) is -0.261. The van der Waals surface area contributed by atoms with Crippen LogP contribution in [0.2, 0.25) is 0 Å². The Morgan fingerprint density at radius 1 is 1.77 bits per heavy atom. The molecule has 0 fully saturated rings. The van der Waals surface area contributed by atoms with E-state index < -0.39 is 0 Å². The quantitative estimate of drug-likeness (QED) is 0.665. The number of aliphatic imine (C=N–C) groups is 1. The molecular formula is C8H13N3O2. The molecule has 1 aliphatic heterocycles. The van der Waals surface area contributed by atoms with Crippen LogP contribution in [0.15, 0.2) is 4.99 Å². The molecule has 13 heavy (non-hydrogen) atoms. The first-order valence-corrected chi connectivity index (χ1v) is 4.21. The zero-order chi connectivity index (χ0) is 9.84. The average Bonchev–Trinajstić information content (AvgIpc) is 2.47. The van der Waals surface area contributed by atoms with Crippen molar-refractivity contribution in [3.05, 3.63) is 0 Å². The molecule has 0 aromatic heterocycles. The summed E-state index contributed by atoms with van der Waals surface area (Å²) in [7, 11) is 0. The maximum absolute atomic E-state index is 11.3. The molecule has 0 atom stereocenters. The molecule has 1 aliphatic rings. The monoisotopic (exact) mass is 183 g/mol. The zero-order valence-corrected chi connectivity index (χ0v) is 7.78. The normalized spacial score (nSPS) is 15.6. The third kappa shape index (κ3) is 2.85. The van der Waals surface area contributed by atoms with Crippen molar-refractivity contribution >= 4 is 18.3 Å². The van der Waals surface area contributed by atoms with E-state index in [1.807, 2.05) is 13.8 Å². The molecule has 0 bridgehead atoms. The number of carbonyl (C=O) groups is 2. The van der Waals surface area contributed by atoms with Gasteiger partial charge in [0, 0.05) is 6.54 Å². The van der Waals surface area contributed by atoms with E-state index in [0.717, 1.165) is 0 Å². The molecule has 5 heteroatoms. The molecule has 0 aromatic rings. The van der Waals surface area contributed by atoms with Gasteiger partial charge < -0.3 is 5.32 Å². The Morgan fingerprint density at radius 2 is 2.46 bits per heavy atom. The SMILES string of the molecule is CC(C)CNC(=O)N1C=NC(=O)C1. The van der Waals surface area contributed by atoms with Gasteiger partial charge in [-0.2, -0.15) is 0 Å². The van der Waals surface area contributed by atoms with Crippen LogP contribution in [-0.2, 0) is 4.79 Å². The van der Waals surface area contributed by atoms with Crippen LogP contribution in [0.25, 0.3) is 0 Å². The molecule has 72 valence electrons. The van der Waals surface area contributed by atoms with Gasteiger partial charge in [-0.1, -0.05) is 13.8 Å². The minimum absolute atomic E-state index is 0.0595. The fourth-order valence-corrected chi connectivity index (χ4v) is 0.879. The van der Waals surface area contributed by atoms with Gasteiger partial charge in [-0.25, -0.2) is 9.79 Å². The van der Waals surface area contributed by atoms with Gasteiger partial charge >= 0.3 is 6.03 Å². The first-order chi connectivity index (χ1) is 6.09. The second-order valence-corrected chi connectivity index (χ2v) is 3.35. The number of urea groups is 1. The minimum Gasteiger partial charge on any atom is -0.337 e. The molecular weight excluding hydrogens is 170 g/mol. The van der Waals surface area contributed by atoms with E-state index in [2.05, 4.69) is 10.3 Å². The molecule has 1 N–H and O–H groups in total. The second kappa shape index (κ2) is 4.02. The van der Waals surface area contributed by atoms with Gasteiger partial charge in [0.15, 0.2) is 0 Å². The molecule has 1 rings (SSSR count). The fraction of sp³-hybridized carbons (Fsp3) is 0.625. The van der Waals surface area contributed by atoms with Crippen molar-refractivity contribution in [3.63, 3.8) is 0 Å². The summed E-state index contributed by atoms with van der Waals surface area (Å²) in [5, 5.41) is 2.69. The van der Waals surface area contributed by atoms with Crippen molar-refractivity contribution < 1.29 is 9.59 Å². The van der Waals surface area contributed by atoms with Crippen LogP contribution in [0.1, 0.15) is 13.8 Å². The number of nitrogens with one attached hydrogen (secondary N) is 1. The first kappa shape index (κ1) is 9.70. The van der Waals surface area contributed by atoms with Crippen molar-refractivity contribution in [2.45, 2.75) is 13.8 Å². The van der Waals surface area contributed by atoms with Gasteiger partial charge in [0.05, 0.1) is 0 Å². The van der Waals surface area contributed by atoms with Gasteiger partial charge in [0.2, 0.25) is 0 Å². The smallest absolute Gasteiger partial charge is 0.323 e. The van der Waals surface area contributed by atoms with Gasteiger partial charge in [-0.05, 0) is 5.92 Å². The summed E-state index contributed by atoms with van der Waals surface area (Å²) in [4.78, 5) is 26.7. The van der Waals surface area contributed by atoms with Crippen LogP contribution < -0.4 is 5.32 Å². The molecule has 0 spiro atoms. The standard InChI is InChI=1S/C8H13N3O2/c1-6(2)3-9-8(13)11-4-7(12)10-5-11/h5-6H,3-4H2,1-2H3,(H,9,13). The first-order valence-electron chi connectivity index (χ1n) is 4.21. The predicted molar refractivity (Wildman–Crippen MR) is 48.4 cm³/mol. The lowest BCUT2D eigenvalue weighted by atomic mass is 10.2. The van der Waals surface area contributed by atoms with E-state index in [9.17, 15) is 9.59 Å². The maximum Gasteiger partial charge on any atom is 0.323 e. The molecule has 0 saturated carbocycles. The Hall–Kier alpha value is -1.39. The van der Waals surface area contributed by atoms with Gasteiger partial charge in [0.25, 0.3) is 5.91 Å². The molecule has 0 unspecified atom stereocenters. The summed E-state index contributed by atoms with van der Waals surface area (Å²) in [5.41, 5.74) is 0. The molecule has 0 aromatic carbocycles. The maximum atomic E-state index is 11.3. The Labute approximate surface area is 76.8 Å². The Kier molecular flexibility index (Phi) is 3.00. The minimum atomic E-state index is -0.278. The summed E-state index contributed by atoms with van der Waals surface area (Å²) >= 11 is 0. The number of nitrogens with zero attached hydrogens (tertiary/aromatic N) is 2. The van der Waals surface area contributed by atoms with E-state index in [0.29, 0.717) is 12.5 Å². The molecule has 0 saturated heterocycles. The van der Waals surface area contributed by atoms with E-state index in [-0.39, 0.29) is 18.5 Å². The van der Waals surface area contributed by atoms with Crippen LogP contribution in [0.5, 0.6) is 0 Å². The highest BCUT2D eigenvalue weighted by atomic mass is 16.2. The van der Waals surface area contributed by atoms with Crippen LogP contribution in [-0.4, -0.2) is 36.3 Å². The number of carbonyl (C=O) groups excluding carboxylic acids is 2. The number of amides is 3. The number of hydrogen-bond donors (Lipinski definition) is 1. The summed E-state index contributed by atoms with van der Waals surface area (Å²) in [6.07, 6.45) is 1.26. The topological polar surface area (TPSA) is 61.8 Å². The van der Waals surface area contributed by atoms with Crippen LogP contribution >= 0.6 is 0 Å². The summed E-state index contributed by atoms with van der Waals surface area (Å²) in [5.74, 6) is 0.124. The lowest BCUT2D eigenvalue weighted by molar-refractivity contribution is -0.116. The molecule has 0 aliphatic carbocycles. The Bertz CT molecular complexity index is 248. The molecule has 0 radical (unpaired) electrons. The van der Waals surface area contributed by atoms with Crippen molar-refractivity contribution in [1.82, 2.24) is 10.2 Å². The average molecular weight is 183 g/mol. The molecule has 3 amide bonds. The fourth-order valence-electron chi connectivity index (χ4n) is 0.879. The van der Waals surface area contributed by atoms with Crippen LogP contribution in [0, 0.1) is 5.92 Å². The van der Waals surface area contributed by atoms with Crippen molar-refractivity contribution in [2.24, 2.45) is 10.9 Å². The Balaban J connectivity index is 2.33. The molecule has 1 heterocycles. The zero-order valence-electron chi connectivity index (χ0n) is 7.78. The largest absolute Gasteiger partial charge is 0.337 e. The van der Waals surface area contributed by atoms with Gasteiger partial charge in [0.1, 0.15) is 12.9 Å². The predicted octanol–water partition coefficient (Wildman–Crippen LogP) is 0.222. The highest BCUT2D eigenvalue weighted by molar-refractivity contribution is 6.00. The summed E-state index contributed by atoms with van der Waals surface area (Å²) < 4.78 is 0. The second-order valence-electron chi connectivity index (χ2n) is 3.35. The van der Waals surface area contributed by atoms with E-state index in [4.69, 9.17) is 0 Å². The van der Waals surface area contributed by atoms with Crippen LogP contribution in [0.4, 0.5) is 4.79 Å². The third-order valence-electron chi connectivity index (χ3n) is 1.57. The number of hydrogen-bond acceptors (Lipinski definition) is 2. The Morgan fingerprint density at radius 3 is 2.92 bits per heavy atom. The van der Waals surface area contributed by atoms with Crippen molar-refractivity contribution in [1.29, 1.82) is 0 Å². The van der Waals surface area contributed by atoms with E-state index in [1.54, 1.807) is 0 Å². The highest BCUT2D eigenvalue weighted by Gasteiger charge is 2.19. The highest BCUT2D eigenvalue weighted by Crippen LogP contribution is 1.96. The van der Waals surface area contributed by atoms with Crippen molar-refractivity contribution in [2.75, 3.05) is 13.1 Å². The van der Waals surface area contributed by atoms with Crippen molar-refractivity contribution in [3.8, 4) is 0 Å². The molecule has 5 nitrogen and oxygen atoms in total. The van der Waals surface area contributed by atoms with Gasteiger partial charge in [-0.15, -0.1) is 0 Å². The summed E-state index contributed by atoms with van der Waals surface area (Å²) in [6.45, 7) is 4.67. The van der Waals surface area contributed by atoms with Gasteiger partial charge in [-0.3, -0.25) is 9.69 Å². The van der Waals surface area contributed by atoms with E-state index in [1.165, 1.54) is 11.2 Å². The number of rotatable bonds is 2. The third-order valence-corrected chi connectivity index (χ3v) is 1.57.